The highest BCUT2D eigenvalue weighted by Gasteiger charge is 2.08. The number of ether oxygens (including phenoxy) is 2. The lowest BCUT2D eigenvalue weighted by Crippen LogP contribution is -2.17. The Bertz CT molecular complexity index is 912. The number of anilines is 1. The van der Waals surface area contributed by atoms with Crippen molar-refractivity contribution >= 4 is 11.7 Å². The Kier molecular flexibility index (Phi) is 8.09. The minimum atomic E-state index is -0.933. The molecule has 1 unspecified atom stereocenters. The fraction of sp³-hybridized carbons (Fsp3) is 0.250. The van der Waals surface area contributed by atoms with Crippen molar-refractivity contribution in [2.24, 2.45) is 0 Å². The van der Waals surface area contributed by atoms with E-state index in [0.717, 1.165) is 11.1 Å². The summed E-state index contributed by atoms with van der Waals surface area (Å²) in [6.07, 6.45) is 1.14. The number of pyridine rings is 1. The second-order valence-corrected chi connectivity index (χ2v) is 6.88. The van der Waals surface area contributed by atoms with Gasteiger partial charge in [0.25, 0.3) is 0 Å². The van der Waals surface area contributed by atoms with Gasteiger partial charge in [-0.1, -0.05) is 60.7 Å². The highest BCUT2D eigenvalue weighted by atomic mass is 16.6. The van der Waals surface area contributed by atoms with Crippen molar-refractivity contribution < 1.29 is 19.4 Å². The molecule has 0 aliphatic rings. The lowest BCUT2D eigenvalue weighted by atomic mass is 10.0. The molecule has 1 heterocycles. The zero-order valence-corrected chi connectivity index (χ0v) is 17.0. The third-order valence-electron chi connectivity index (χ3n) is 4.58. The summed E-state index contributed by atoms with van der Waals surface area (Å²) in [6.45, 7) is 0.942. The molecule has 1 amide bonds. The molecule has 3 rings (SSSR count). The van der Waals surface area contributed by atoms with Crippen LogP contribution in [-0.2, 0) is 27.5 Å². The number of hydrogen-bond donors (Lipinski definition) is 2. The Morgan fingerprint density at radius 3 is 2.30 bits per heavy atom. The number of hydrogen-bond acceptors (Lipinski definition) is 5. The molecule has 1 aromatic heterocycles. The van der Waals surface area contributed by atoms with Gasteiger partial charge in [0.1, 0.15) is 5.82 Å². The number of amides is 1. The van der Waals surface area contributed by atoms with Crippen molar-refractivity contribution in [2.45, 2.75) is 32.3 Å². The van der Waals surface area contributed by atoms with Crippen molar-refractivity contribution in [1.82, 2.24) is 4.98 Å². The fourth-order valence-corrected chi connectivity index (χ4v) is 2.87. The molecule has 0 radical (unpaired) electrons. The van der Waals surface area contributed by atoms with Crippen LogP contribution in [0.4, 0.5) is 5.82 Å². The van der Waals surface area contributed by atoms with Gasteiger partial charge in [-0.2, -0.15) is 0 Å². The molecule has 0 saturated carbocycles. The van der Waals surface area contributed by atoms with E-state index in [1.165, 1.54) is 18.2 Å². The van der Waals surface area contributed by atoms with Crippen molar-refractivity contribution in [3.8, 4) is 11.1 Å². The Morgan fingerprint density at radius 1 is 0.967 bits per heavy atom. The first-order valence-corrected chi connectivity index (χ1v) is 9.82. The molecule has 0 spiro atoms. The van der Waals surface area contributed by atoms with E-state index in [-0.39, 0.29) is 18.7 Å². The number of nitrogens with zero attached hydrogens (tertiary/aromatic N) is 1. The molecule has 1 atom stereocenters. The minimum Gasteiger partial charge on any atom is -0.372 e. The lowest BCUT2D eigenvalue weighted by molar-refractivity contribution is -0.120. The average Bonchev–Trinajstić information content (AvgIpc) is 2.79. The molecule has 0 fully saturated rings. The third-order valence-corrected chi connectivity index (χ3v) is 4.58. The van der Waals surface area contributed by atoms with E-state index in [0.29, 0.717) is 19.0 Å². The zero-order valence-electron chi connectivity index (χ0n) is 17.0. The van der Waals surface area contributed by atoms with E-state index in [4.69, 9.17) is 9.47 Å². The van der Waals surface area contributed by atoms with Gasteiger partial charge in [-0.05, 0) is 28.3 Å². The van der Waals surface area contributed by atoms with E-state index in [1.54, 1.807) is 12.3 Å². The molecule has 6 heteroatoms. The quantitative estimate of drug-likeness (QED) is 0.495. The Hall–Kier alpha value is -3.06. The molecule has 156 valence electrons. The molecule has 30 heavy (non-hydrogen) atoms. The van der Waals surface area contributed by atoms with Gasteiger partial charge in [-0.15, -0.1) is 0 Å². The van der Waals surface area contributed by atoms with Crippen LogP contribution in [0.2, 0.25) is 0 Å². The number of aliphatic hydroxyl groups excluding tert-OH is 1. The lowest BCUT2D eigenvalue weighted by Gasteiger charge is -2.09. The molecule has 2 aromatic carbocycles. The second-order valence-electron chi connectivity index (χ2n) is 6.88. The highest BCUT2D eigenvalue weighted by Crippen LogP contribution is 2.19. The van der Waals surface area contributed by atoms with Crippen LogP contribution in [0.5, 0.6) is 0 Å². The first-order chi connectivity index (χ1) is 14.6. The molecule has 0 bridgehead atoms. The maximum Gasteiger partial charge on any atom is 0.225 e. The van der Waals surface area contributed by atoms with E-state index >= 15 is 0 Å². The van der Waals surface area contributed by atoms with E-state index in [9.17, 15) is 9.90 Å². The maximum atomic E-state index is 11.8. The number of methoxy groups -OCH3 is 1. The predicted octanol–water partition coefficient (Wildman–Crippen LogP) is 4.15. The average molecular weight is 406 g/mol. The summed E-state index contributed by atoms with van der Waals surface area (Å²) in [7, 11) is 1.39. The largest absolute Gasteiger partial charge is 0.372 e. The van der Waals surface area contributed by atoms with E-state index < -0.39 is 6.29 Å². The monoisotopic (exact) mass is 406 g/mol. The van der Waals surface area contributed by atoms with Crippen molar-refractivity contribution in [3.05, 3.63) is 84.1 Å². The highest BCUT2D eigenvalue weighted by molar-refractivity contribution is 5.89. The number of aromatic nitrogens is 1. The van der Waals surface area contributed by atoms with Crippen LogP contribution in [-0.4, -0.2) is 29.4 Å². The number of aliphatic hydroxyl groups is 1. The van der Waals surface area contributed by atoms with Crippen LogP contribution in [0.3, 0.4) is 0 Å². The number of rotatable bonds is 10. The van der Waals surface area contributed by atoms with Crippen LogP contribution in [0.15, 0.2) is 72.9 Å². The van der Waals surface area contributed by atoms with Gasteiger partial charge in [0, 0.05) is 26.1 Å². The summed E-state index contributed by atoms with van der Waals surface area (Å²) < 4.78 is 10.5. The molecule has 2 N–H and O–H groups in total. The summed E-state index contributed by atoms with van der Waals surface area (Å²) in [5.74, 6) is 0.244. The van der Waals surface area contributed by atoms with Crippen LogP contribution < -0.4 is 5.32 Å². The second kappa shape index (κ2) is 11.2. The van der Waals surface area contributed by atoms with Crippen LogP contribution >= 0.6 is 0 Å². The first kappa shape index (κ1) is 21.6. The zero-order chi connectivity index (χ0) is 21.2. The first-order valence-electron chi connectivity index (χ1n) is 9.82. The van der Waals surface area contributed by atoms with Gasteiger partial charge < -0.3 is 19.9 Å². The summed E-state index contributed by atoms with van der Waals surface area (Å²) in [5, 5.41) is 12.0. The van der Waals surface area contributed by atoms with Crippen molar-refractivity contribution in [2.75, 3.05) is 12.4 Å². The molecule has 3 aromatic rings. The molecule has 0 aliphatic heterocycles. The van der Waals surface area contributed by atoms with Crippen LogP contribution in [0, 0.1) is 0 Å². The normalized spacial score (nSPS) is 11.8. The van der Waals surface area contributed by atoms with Gasteiger partial charge >= 0.3 is 0 Å². The molecule has 6 nitrogen and oxygen atoms in total. The Balaban J connectivity index is 1.42. The molecular formula is C24H26N2O4. The van der Waals surface area contributed by atoms with Crippen molar-refractivity contribution in [3.63, 3.8) is 0 Å². The molecular weight excluding hydrogens is 380 g/mol. The summed E-state index contributed by atoms with van der Waals surface area (Å²) in [6, 6.07) is 22.2. The standard InChI is InChI=1S/C24H26N2O4/c1-29-24(28)14-13-23(27)26-22-12-9-19(15-25-22)17-30-16-18-7-10-21(11-8-18)20-5-3-2-4-6-20/h2-12,15,24,28H,13-14,16-17H2,1H3,(H,25,26,27). The van der Waals surface area contributed by atoms with Gasteiger partial charge in [0.2, 0.25) is 5.91 Å². The number of nitrogens with one attached hydrogen (secondary N) is 1. The summed E-state index contributed by atoms with van der Waals surface area (Å²) in [4.78, 5) is 16.0. The van der Waals surface area contributed by atoms with E-state index in [1.807, 2.05) is 24.3 Å². The minimum absolute atomic E-state index is 0.157. The van der Waals surface area contributed by atoms with Gasteiger partial charge in [0.05, 0.1) is 13.2 Å². The predicted molar refractivity (Wildman–Crippen MR) is 115 cm³/mol. The van der Waals surface area contributed by atoms with Gasteiger partial charge in [-0.25, -0.2) is 4.98 Å². The SMILES string of the molecule is COC(O)CCC(=O)Nc1ccc(COCc2ccc(-c3ccccc3)cc2)cn1. The Labute approximate surface area is 176 Å². The summed E-state index contributed by atoms with van der Waals surface area (Å²) >= 11 is 0. The molecule has 0 aliphatic carbocycles. The fourth-order valence-electron chi connectivity index (χ4n) is 2.87. The van der Waals surface area contributed by atoms with E-state index in [2.05, 4.69) is 46.7 Å². The maximum absolute atomic E-state index is 11.8. The van der Waals surface area contributed by atoms with Crippen molar-refractivity contribution in [1.29, 1.82) is 0 Å². The third kappa shape index (κ3) is 6.77. The smallest absolute Gasteiger partial charge is 0.225 e. The molecule has 0 saturated heterocycles. The number of benzene rings is 2. The summed E-state index contributed by atoms with van der Waals surface area (Å²) in [5.41, 5.74) is 4.39. The van der Waals surface area contributed by atoms with Crippen LogP contribution in [0.25, 0.3) is 11.1 Å². The van der Waals surface area contributed by atoms with Gasteiger partial charge in [0.15, 0.2) is 6.29 Å². The Morgan fingerprint density at radius 2 is 1.63 bits per heavy atom. The number of carbonyl (C=O) groups excluding carboxylic acids is 1. The van der Waals surface area contributed by atoms with Gasteiger partial charge in [-0.3, -0.25) is 4.79 Å². The van der Waals surface area contributed by atoms with Crippen LogP contribution in [0.1, 0.15) is 24.0 Å². The number of carbonyl (C=O) groups is 1. The topological polar surface area (TPSA) is 80.7 Å².